The van der Waals surface area contributed by atoms with Gasteiger partial charge in [-0.15, -0.1) is 0 Å². The molecule has 2 aromatic rings. The number of nitrogens with zero attached hydrogens (tertiary/aromatic N) is 2. The van der Waals surface area contributed by atoms with Gasteiger partial charge in [-0.2, -0.15) is 0 Å². The van der Waals surface area contributed by atoms with E-state index < -0.39 is 0 Å². The van der Waals surface area contributed by atoms with Crippen molar-refractivity contribution < 1.29 is 0 Å². The van der Waals surface area contributed by atoms with E-state index in [-0.39, 0.29) is 0 Å². The second kappa shape index (κ2) is 6.14. The Balaban J connectivity index is 2.03. The maximum atomic E-state index is 4.24. The predicted octanol–water partition coefficient (Wildman–Crippen LogP) is 3.68. The zero-order valence-electron chi connectivity index (χ0n) is 10.2. The number of aromatic nitrogens is 2. The average Bonchev–Trinajstić information content (AvgIpc) is 2.41. The molecular weight excluding hydrogens is 208 g/mol. The molecule has 1 aromatic heterocycles. The predicted molar refractivity (Wildman–Crippen MR) is 69.5 cm³/mol. The van der Waals surface area contributed by atoms with Crippen LogP contribution >= 0.6 is 0 Å². The SMILES string of the molecule is CCCCCc1ccc(-c2cn[c]cn2)cc1. The van der Waals surface area contributed by atoms with Crippen LogP contribution in [0.1, 0.15) is 31.7 Å². The number of hydrogen-bond acceptors (Lipinski definition) is 2. The molecule has 0 saturated carbocycles. The van der Waals surface area contributed by atoms with Crippen LogP contribution in [-0.4, -0.2) is 9.97 Å². The van der Waals surface area contributed by atoms with E-state index in [4.69, 9.17) is 0 Å². The lowest BCUT2D eigenvalue weighted by Gasteiger charge is -2.03. The van der Waals surface area contributed by atoms with E-state index in [1.807, 2.05) is 0 Å². The largest absolute Gasteiger partial charge is 0.252 e. The lowest BCUT2D eigenvalue weighted by molar-refractivity contribution is 0.717. The fraction of sp³-hybridized carbons (Fsp3) is 0.333. The minimum Gasteiger partial charge on any atom is -0.252 e. The molecule has 0 fully saturated rings. The fourth-order valence-corrected chi connectivity index (χ4v) is 1.83. The van der Waals surface area contributed by atoms with Crippen molar-refractivity contribution in [2.24, 2.45) is 0 Å². The van der Waals surface area contributed by atoms with Crippen LogP contribution < -0.4 is 0 Å². The second-order valence-corrected chi connectivity index (χ2v) is 4.18. The van der Waals surface area contributed by atoms with Gasteiger partial charge >= 0.3 is 0 Å². The molecule has 1 radical (unpaired) electrons. The maximum Gasteiger partial charge on any atom is 0.109 e. The van der Waals surface area contributed by atoms with Crippen molar-refractivity contribution in [3.8, 4) is 11.3 Å². The van der Waals surface area contributed by atoms with Gasteiger partial charge in [-0.1, -0.05) is 44.0 Å². The van der Waals surface area contributed by atoms with Crippen LogP contribution in [-0.2, 0) is 6.42 Å². The van der Waals surface area contributed by atoms with Crippen LogP contribution in [0.4, 0.5) is 0 Å². The molecule has 0 aliphatic heterocycles. The zero-order chi connectivity index (χ0) is 11.9. The van der Waals surface area contributed by atoms with Crippen LogP contribution in [0, 0.1) is 6.20 Å². The van der Waals surface area contributed by atoms with Crippen molar-refractivity contribution in [3.05, 3.63) is 48.4 Å². The van der Waals surface area contributed by atoms with Gasteiger partial charge in [0.15, 0.2) is 0 Å². The number of benzene rings is 1. The first-order valence-corrected chi connectivity index (χ1v) is 6.17. The van der Waals surface area contributed by atoms with Crippen molar-refractivity contribution in [2.75, 3.05) is 0 Å². The Morgan fingerprint density at radius 1 is 1.12 bits per heavy atom. The molecule has 1 aromatic carbocycles. The average molecular weight is 225 g/mol. The smallest absolute Gasteiger partial charge is 0.109 e. The van der Waals surface area contributed by atoms with Gasteiger partial charge in [0.1, 0.15) is 6.20 Å². The summed E-state index contributed by atoms with van der Waals surface area (Å²) in [7, 11) is 0. The molecule has 0 bridgehead atoms. The fourth-order valence-electron chi connectivity index (χ4n) is 1.83. The van der Waals surface area contributed by atoms with E-state index in [0.29, 0.717) is 0 Å². The molecule has 1 heterocycles. The summed E-state index contributed by atoms with van der Waals surface area (Å²) >= 11 is 0. The highest BCUT2D eigenvalue weighted by atomic mass is 14.8. The first-order chi connectivity index (χ1) is 8.40. The Morgan fingerprint density at radius 2 is 1.94 bits per heavy atom. The van der Waals surface area contributed by atoms with Crippen molar-refractivity contribution in [2.45, 2.75) is 32.6 Å². The quantitative estimate of drug-likeness (QED) is 0.725. The monoisotopic (exact) mass is 225 g/mol. The number of aryl methyl sites for hydroxylation is 1. The van der Waals surface area contributed by atoms with Gasteiger partial charge in [0.05, 0.1) is 18.1 Å². The number of hydrogen-bond donors (Lipinski definition) is 0. The first kappa shape index (κ1) is 11.8. The van der Waals surface area contributed by atoms with Gasteiger partial charge in [-0.05, 0) is 18.4 Å². The Hall–Kier alpha value is -1.70. The van der Waals surface area contributed by atoms with E-state index in [1.165, 1.54) is 31.2 Å². The molecule has 0 aliphatic rings. The molecule has 0 amide bonds. The summed E-state index contributed by atoms with van der Waals surface area (Å²) in [6.07, 6.45) is 11.1. The van der Waals surface area contributed by atoms with Crippen molar-refractivity contribution in [1.29, 1.82) is 0 Å². The van der Waals surface area contributed by atoms with Gasteiger partial charge in [-0.3, -0.25) is 9.97 Å². The summed E-state index contributed by atoms with van der Waals surface area (Å²) in [6, 6.07) is 8.60. The lowest BCUT2D eigenvalue weighted by atomic mass is 10.0. The highest BCUT2D eigenvalue weighted by molar-refractivity contribution is 5.57. The van der Waals surface area contributed by atoms with E-state index in [0.717, 1.165) is 11.3 Å². The maximum absolute atomic E-state index is 4.24. The van der Waals surface area contributed by atoms with Crippen molar-refractivity contribution >= 4 is 0 Å². The minimum atomic E-state index is 0.906. The molecule has 87 valence electrons. The van der Waals surface area contributed by atoms with E-state index >= 15 is 0 Å². The zero-order valence-corrected chi connectivity index (χ0v) is 10.2. The summed E-state index contributed by atoms with van der Waals surface area (Å²) < 4.78 is 0. The summed E-state index contributed by atoms with van der Waals surface area (Å²) in [5.41, 5.74) is 3.42. The van der Waals surface area contributed by atoms with Gasteiger partial charge in [0.25, 0.3) is 0 Å². The molecule has 2 rings (SSSR count). The summed E-state index contributed by atoms with van der Waals surface area (Å²) in [5.74, 6) is 0. The summed E-state index contributed by atoms with van der Waals surface area (Å²) in [4.78, 5) is 8.19. The van der Waals surface area contributed by atoms with E-state index in [1.54, 1.807) is 12.4 Å². The molecule has 0 unspecified atom stereocenters. The molecule has 2 nitrogen and oxygen atoms in total. The summed E-state index contributed by atoms with van der Waals surface area (Å²) in [5, 5.41) is 0. The molecule has 0 saturated heterocycles. The molecular formula is C15H17N2. The minimum absolute atomic E-state index is 0.906. The lowest BCUT2D eigenvalue weighted by Crippen LogP contribution is -1.87. The molecule has 0 spiro atoms. The Kier molecular flexibility index (Phi) is 4.25. The highest BCUT2D eigenvalue weighted by Crippen LogP contribution is 2.17. The van der Waals surface area contributed by atoms with Crippen molar-refractivity contribution in [1.82, 2.24) is 9.97 Å². The normalized spacial score (nSPS) is 10.4. The Labute approximate surface area is 103 Å². The third-order valence-electron chi connectivity index (χ3n) is 2.84. The van der Waals surface area contributed by atoms with Crippen LogP contribution in [0.5, 0.6) is 0 Å². The van der Waals surface area contributed by atoms with Crippen LogP contribution in [0.15, 0.2) is 36.7 Å². The van der Waals surface area contributed by atoms with Crippen LogP contribution in [0.3, 0.4) is 0 Å². The molecule has 0 aliphatic carbocycles. The van der Waals surface area contributed by atoms with Gasteiger partial charge in [-0.25, -0.2) is 0 Å². The molecule has 2 heteroatoms. The van der Waals surface area contributed by atoms with E-state index in [2.05, 4.69) is 47.4 Å². The van der Waals surface area contributed by atoms with E-state index in [9.17, 15) is 0 Å². The van der Waals surface area contributed by atoms with Gasteiger partial charge < -0.3 is 0 Å². The third-order valence-corrected chi connectivity index (χ3v) is 2.84. The third kappa shape index (κ3) is 3.38. The molecule has 0 atom stereocenters. The Morgan fingerprint density at radius 3 is 2.59 bits per heavy atom. The van der Waals surface area contributed by atoms with Crippen LogP contribution in [0.25, 0.3) is 11.3 Å². The second-order valence-electron chi connectivity index (χ2n) is 4.18. The first-order valence-electron chi connectivity index (χ1n) is 6.17. The molecule has 17 heavy (non-hydrogen) atoms. The highest BCUT2D eigenvalue weighted by Gasteiger charge is 1.99. The number of rotatable bonds is 5. The molecule has 0 N–H and O–H groups in total. The topological polar surface area (TPSA) is 25.8 Å². The van der Waals surface area contributed by atoms with Crippen LogP contribution in [0.2, 0.25) is 0 Å². The van der Waals surface area contributed by atoms with Crippen molar-refractivity contribution in [3.63, 3.8) is 0 Å². The Bertz CT molecular complexity index is 434. The van der Waals surface area contributed by atoms with Gasteiger partial charge in [0, 0.05) is 5.56 Å². The summed E-state index contributed by atoms with van der Waals surface area (Å²) in [6.45, 7) is 2.23. The standard InChI is InChI=1S/C15H17N2/c1-2-3-4-5-13-6-8-14(9-7-13)15-12-16-10-11-17-15/h6-9,11-12H,2-5H2,1H3. The number of unbranched alkanes of at least 4 members (excludes halogenated alkanes) is 2. The van der Waals surface area contributed by atoms with Gasteiger partial charge in [0.2, 0.25) is 0 Å².